The SMILES string of the molecule is CC(Cl)OCC(F)(F)C(F)F. The number of rotatable bonds is 4. The van der Waals surface area contributed by atoms with Gasteiger partial charge in [-0.15, -0.1) is 0 Å². The molecule has 0 aromatic carbocycles. The minimum atomic E-state index is -4.11. The molecule has 6 heteroatoms. The molecule has 0 aliphatic heterocycles. The third-order valence-corrected chi connectivity index (χ3v) is 0.951. The largest absolute Gasteiger partial charge is 0.356 e. The Kier molecular flexibility index (Phi) is 4.10. The standard InChI is InChI=1S/C5H7ClF4O/c1-3(6)11-2-5(9,10)4(7)8/h3-4H,2H2,1H3. The van der Waals surface area contributed by atoms with Gasteiger partial charge in [0, 0.05) is 0 Å². The van der Waals surface area contributed by atoms with Crippen LogP contribution in [0.3, 0.4) is 0 Å². The first-order valence-electron chi connectivity index (χ1n) is 2.78. The summed E-state index contributed by atoms with van der Waals surface area (Å²) in [5.41, 5.74) is -0.986. The van der Waals surface area contributed by atoms with E-state index in [2.05, 4.69) is 4.74 Å². The molecule has 1 nitrogen and oxygen atoms in total. The minimum absolute atomic E-state index is 0.986. The summed E-state index contributed by atoms with van der Waals surface area (Å²) >= 11 is 5.09. The van der Waals surface area contributed by atoms with Crippen LogP contribution in [0.2, 0.25) is 0 Å². The summed E-state index contributed by atoms with van der Waals surface area (Å²) in [7, 11) is 0. The number of ether oxygens (including phenoxy) is 1. The van der Waals surface area contributed by atoms with Gasteiger partial charge in [0.15, 0.2) is 0 Å². The summed E-state index contributed by atoms with van der Waals surface area (Å²) in [6.07, 6.45) is -3.71. The normalized spacial score (nSPS) is 15.5. The van der Waals surface area contributed by atoms with Crippen molar-refractivity contribution in [2.75, 3.05) is 6.61 Å². The average Bonchev–Trinajstić information content (AvgIpc) is 1.84. The zero-order valence-corrected chi connectivity index (χ0v) is 6.42. The second-order valence-electron chi connectivity index (χ2n) is 1.92. The number of halogens is 5. The van der Waals surface area contributed by atoms with Gasteiger partial charge in [-0.05, 0) is 6.92 Å². The van der Waals surface area contributed by atoms with Gasteiger partial charge in [0.2, 0.25) is 0 Å². The monoisotopic (exact) mass is 194 g/mol. The smallest absolute Gasteiger partial charge is 0.330 e. The van der Waals surface area contributed by atoms with Gasteiger partial charge in [0.25, 0.3) is 0 Å². The van der Waals surface area contributed by atoms with Crippen molar-refractivity contribution in [1.29, 1.82) is 0 Å². The van der Waals surface area contributed by atoms with Gasteiger partial charge in [-0.1, -0.05) is 11.6 Å². The molecule has 0 aliphatic rings. The molecular weight excluding hydrogens is 187 g/mol. The van der Waals surface area contributed by atoms with Crippen molar-refractivity contribution in [2.24, 2.45) is 0 Å². The highest BCUT2D eigenvalue weighted by molar-refractivity contribution is 6.19. The van der Waals surface area contributed by atoms with Crippen LogP contribution in [-0.2, 0) is 4.74 Å². The summed E-state index contributed by atoms with van der Waals surface area (Å²) in [5.74, 6) is -4.11. The van der Waals surface area contributed by atoms with E-state index >= 15 is 0 Å². The summed E-state index contributed by atoms with van der Waals surface area (Å²) in [4.78, 5) is 0. The highest BCUT2D eigenvalue weighted by Gasteiger charge is 2.41. The molecule has 68 valence electrons. The van der Waals surface area contributed by atoms with Crippen molar-refractivity contribution in [2.45, 2.75) is 24.8 Å². The Morgan fingerprint density at radius 3 is 2.18 bits per heavy atom. The predicted octanol–water partition coefficient (Wildman–Crippen LogP) is 2.49. The van der Waals surface area contributed by atoms with E-state index in [1.54, 1.807) is 0 Å². The molecule has 1 unspecified atom stereocenters. The number of hydrogen-bond acceptors (Lipinski definition) is 1. The molecule has 0 aliphatic carbocycles. The molecule has 0 amide bonds. The topological polar surface area (TPSA) is 9.23 Å². The summed E-state index contributed by atoms with van der Waals surface area (Å²) in [6, 6.07) is 0. The molecule has 0 aromatic heterocycles. The van der Waals surface area contributed by atoms with E-state index < -0.39 is 24.5 Å². The van der Waals surface area contributed by atoms with Crippen LogP contribution < -0.4 is 0 Å². The summed E-state index contributed by atoms with van der Waals surface area (Å²) in [6.45, 7) is -0.0849. The molecule has 0 saturated carbocycles. The lowest BCUT2D eigenvalue weighted by molar-refractivity contribution is -0.168. The minimum Gasteiger partial charge on any atom is -0.356 e. The molecule has 0 saturated heterocycles. The van der Waals surface area contributed by atoms with Gasteiger partial charge >= 0.3 is 12.3 Å². The van der Waals surface area contributed by atoms with Crippen molar-refractivity contribution in [3.63, 3.8) is 0 Å². The molecule has 0 fully saturated rings. The van der Waals surface area contributed by atoms with Crippen molar-refractivity contribution in [1.82, 2.24) is 0 Å². The quantitative estimate of drug-likeness (QED) is 0.494. The molecule has 0 spiro atoms. The third-order valence-electron chi connectivity index (χ3n) is 0.825. The van der Waals surface area contributed by atoms with Crippen LogP contribution in [0.25, 0.3) is 0 Å². The first kappa shape index (κ1) is 11.0. The lowest BCUT2D eigenvalue weighted by atomic mass is 10.4. The van der Waals surface area contributed by atoms with Crippen LogP contribution in [0, 0.1) is 0 Å². The first-order chi connectivity index (χ1) is 4.86. The number of hydrogen-bond donors (Lipinski definition) is 0. The van der Waals surface area contributed by atoms with Crippen molar-refractivity contribution in [3.8, 4) is 0 Å². The maximum atomic E-state index is 12.0. The molecule has 0 bridgehead atoms. The lowest BCUT2D eigenvalue weighted by Gasteiger charge is -2.15. The Bertz CT molecular complexity index is 117. The maximum absolute atomic E-state index is 12.0. The zero-order valence-electron chi connectivity index (χ0n) is 5.66. The fourth-order valence-corrected chi connectivity index (χ4v) is 0.352. The van der Waals surface area contributed by atoms with E-state index in [4.69, 9.17) is 11.6 Å². The summed E-state index contributed by atoms with van der Waals surface area (Å²) < 4.78 is 50.8. The molecule has 0 N–H and O–H groups in total. The lowest BCUT2D eigenvalue weighted by Crippen LogP contribution is -2.33. The second kappa shape index (κ2) is 4.11. The van der Waals surface area contributed by atoms with Crippen LogP contribution in [0.5, 0.6) is 0 Å². The maximum Gasteiger partial charge on any atom is 0.330 e. The Hall–Kier alpha value is -0.0300. The zero-order chi connectivity index (χ0) is 9.07. The van der Waals surface area contributed by atoms with Crippen molar-refractivity contribution >= 4 is 11.6 Å². The molecule has 0 heterocycles. The van der Waals surface area contributed by atoms with Gasteiger partial charge in [0.1, 0.15) is 12.2 Å². The van der Waals surface area contributed by atoms with E-state index in [0.717, 1.165) is 0 Å². The van der Waals surface area contributed by atoms with E-state index in [0.29, 0.717) is 0 Å². The Morgan fingerprint density at radius 1 is 1.45 bits per heavy atom. The first-order valence-corrected chi connectivity index (χ1v) is 3.21. The Balaban J connectivity index is 3.73. The van der Waals surface area contributed by atoms with Gasteiger partial charge in [-0.3, -0.25) is 0 Å². The Morgan fingerprint density at radius 2 is 1.91 bits per heavy atom. The molecular formula is C5H7ClF4O. The molecule has 0 radical (unpaired) electrons. The fourth-order valence-electron chi connectivity index (χ4n) is 0.289. The molecule has 0 aromatic rings. The van der Waals surface area contributed by atoms with E-state index in [9.17, 15) is 17.6 Å². The fraction of sp³-hybridized carbons (Fsp3) is 1.00. The third kappa shape index (κ3) is 4.42. The van der Waals surface area contributed by atoms with Crippen molar-refractivity contribution < 1.29 is 22.3 Å². The van der Waals surface area contributed by atoms with E-state index in [-0.39, 0.29) is 0 Å². The van der Waals surface area contributed by atoms with Gasteiger partial charge in [-0.2, -0.15) is 8.78 Å². The van der Waals surface area contributed by atoms with Crippen LogP contribution in [-0.4, -0.2) is 24.5 Å². The van der Waals surface area contributed by atoms with E-state index in [1.807, 2.05) is 0 Å². The van der Waals surface area contributed by atoms with Crippen LogP contribution in [0.4, 0.5) is 17.6 Å². The molecule has 11 heavy (non-hydrogen) atoms. The highest BCUT2D eigenvalue weighted by Crippen LogP contribution is 2.23. The van der Waals surface area contributed by atoms with Gasteiger partial charge < -0.3 is 4.74 Å². The molecule has 0 rings (SSSR count). The molecule has 1 atom stereocenters. The van der Waals surface area contributed by atoms with Gasteiger partial charge in [-0.25, -0.2) is 8.78 Å². The van der Waals surface area contributed by atoms with Crippen LogP contribution >= 0.6 is 11.6 Å². The summed E-state index contributed by atoms with van der Waals surface area (Å²) in [5, 5.41) is 0. The number of alkyl halides is 5. The highest BCUT2D eigenvalue weighted by atomic mass is 35.5. The van der Waals surface area contributed by atoms with E-state index in [1.165, 1.54) is 6.92 Å². The van der Waals surface area contributed by atoms with Gasteiger partial charge in [0.05, 0.1) is 0 Å². The average molecular weight is 195 g/mol. The predicted molar refractivity (Wildman–Crippen MR) is 32.2 cm³/mol. The van der Waals surface area contributed by atoms with Crippen LogP contribution in [0.1, 0.15) is 6.92 Å². The Labute approximate surface area is 66.3 Å². The van der Waals surface area contributed by atoms with Crippen LogP contribution in [0.15, 0.2) is 0 Å². The second-order valence-corrected chi connectivity index (χ2v) is 2.53. The van der Waals surface area contributed by atoms with Crippen molar-refractivity contribution in [3.05, 3.63) is 0 Å².